The van der Waals surface area contributed by atoms with Crippen LogP contribution < -0.4 is 5.56 Å². The van der Waals surface area contributed by atoms with Gasteiger partial charge in [0.1, 0.15) is 0 Å². The summed E-state index contributed by atoms with van der Waals surface area (Å²) in [7, 11) is 0. The van der Waals surface area contributed by atoms with Gasteiger partial charge in [0.15, 0.2) is 0 Å². The lowest BCUT2D eigenvalue weighted by molar-refractivity contribution is 0.648. The third kappa shape index (κ3) is 2.24. The first-order valence-electron chi connectivity index (χ1n) is 5.11. The molecule has 5 heteroatoms. The van der Waals surface area contributed by atoms with E-state index in [4.69, 9.17) is 0 Å². The van der Waals surface area contributed by atoms with Crippen LogP contribution in [-0.2, 0) is 6.54 Å². The van der Waals surface area contributed by atoms with Crippen molar-refractivity contribution in [1.29, 1.82) is 0 Å². The first-order chi connectivity index (χ1) is 7.70. The summed E-state index contributed by atoms with van der Waals surface area (Å²) in [5.74, 6) is 0. The summed E-state index contributed by atoms with van der Waals surface area (Å²) in [6, 6.07) is 3.34. The Morgan fingerprint density at radius 2 is 2.19 bits per heavy atom. The maximum absolute atomic E-state index is 11.5. The second kappa shape index (κ2) is 4.65. The monoisotopic (exact) mass is 281 g/mol. The number of rotatable bonds is 3. The quantitative estimate of drug-likeness (QED) is 0.865. The molecule has 16 heavy (non-hydrogen) atoms. The Labute approximate surface area is 102 Å². The van der Waals surface area contributed by atoms with E-state index in [1.54, 1.807) is 27.6 Å². The van der Waals surface area contributed by atoms with Gasteiger partial charge in [0.2, 0.25) is 0 Å². The van der Waals surface area contributed by atoms with Crippen LogP contribution in [0.2, 0.25) is 0 Å². The first kappa shape index (κ1) is 11.1. The Morgan fingerprint density at radius 3 is 2.81 bits per heavy atom. The molecule has 0 fully saturated rings. The molecule has 0 spiro atoms. The molecular weight excluding hydrogens is 270 g/mol. The third-order valence-electron chi connectivity index (χ3n) is 2.25. The zero-order valence-corrected chi connectivity index (χ0v) is 10.5. The minimum absolute atomic E-state index is 0.0248. The summed E-state index contributed by atoms with van der Waals surface area (Å²) in [4.78, 5) is 11.5. The van der Waals surface area contributed by atoms with E-state index in [2.05, 4.69) is 21.0 Å². The van der Waals surface area contributed by atoms with Crippen molar-refractivity contribution in [3.8, 4) is 5.69 Å². The number of aryl methyl sites for hydroxylation is 1. The fourth-order valence-corrected chi connectivity index (χ4v) is 1.80. The van der Waals surface area contributed by atoms with Crippen LogP contribution in [0.5, 0.6) is 0 Å². The topological polar surface area (TPSA) is 39.8 Å². The van der Waals surface area contributed by atoms with Gasteiger partial charge in [0.05, 0.1) is 16.4 Å². The van der Waals surface area contributed by atoms with Crippen LogP contribution in [0, 0.1) is 0 Å². The molecule has 0 saturated carbocycles. The second-order valence-electron chi connectivity index (χ2n) is 3.52. The first-order valence-corrected chi connectivity index (χ1v) is 5.91. The lowest BCUT2D eigenvalue weighted by atomic mass is 10.4. The molecule has 2 aromatic rings. The molecule has 4 nitrogen and oxygen atoms in total. The van der Waals surface area contributed by atoms with Crippen molar-refractivity contribution in [1.82, 2.24) is 14.3 Å². The van der Waals surface area contributed by atoms with Crippen LogP contribution >= 0.6 is 15.9 Å². The summed E-state index contributed by atoms with van der Waals surface area (Å²) in [5, 5.41) is 4.17. The van der Waals surface area contributed by atoms with Gasteiger partial charge in [-0.3, -0.25) is 4.79 Å². The average molecular weight is 282 g/mol. The van der Waals surface area contributed by atoms with Crippen LogP contribution in [0.1, 0.15) is 13.3 Å². The van der Waals surface area contributed by atoms with Gasteiger partial charge in [0.25, 0.3) is 5.56 Å². The molecule has 0 saturated heterocycles. The van der Waals surface area contributed by atoms with Crippen molar-refractivity contribution >= 4 is 15.9 Å². The third-order valence-corrected chi connectivity index (χ3v) is 2.66. The fourth-order valence-electron chi connectivity index (χ4n) is 1.51. The van der Waals surface area contributed by atoms with Crippen molar-refractivity contribution in [3.05, 3.63) is 45.5 Å². The minimum Gasteiger partial charge on any atom is -0.313 e. The van der Waals surface area contributed by atoms with Gasteiger partial charge in [0, 0.05) is 25.0 Å². The smallest absolute Gasteiger partial charge is 0.250 e. The van der Waals surface area contributed by atoms with Gasteiger partial charge in [-0.25, -0.2) is 4.68 Å². The molecular formula is C11H12BrN3O. The lowest BCUT2D eigenvalue weighted by Gasteiger charge is -2.06. The predicted octanol–water partition coefficient (Wildman–Crippen LogP) is 2.21. The van der Waals surface area contributed by atoms with Gasteiger partial charge in [-0.15, -0.1) is 0 Å². The van der Waals surface area contributed by atoms with Crippen LogP contribution in [0.25, 0.3) is 5.69 Å². The van der Waals surface area contributed by atoms with Crippen LogP contribution in [0.3, 0.4) is 0 Å². The summed E-state index contributed by atoms with van der Waals surface area (Å²) in [6.45, 7) is 2.78. The summed E-state index contributed by atoms with van der Waals surface area (Å²) < 4.78 is 4.35. The Hall–Kier alpha value is -1.36. The Balaban J connectivity index is 2.43. The molecule has 2 rings (SSSR count). The highest BCUT2D eigenvalue weighted by Crippen LogP contribution is 2.11. The highest BCUT2D eigenvalue weighted by atomic mass is 79.9. The Morgan fingerprint density at radius 1 is 1.38 bits per heavy atom. The maximum Gasteiger partial charge on any atom is 0.250 e. The van der Waals surface area contributed by atoms with Crippen LogP contribution in [0.15, 0.2) is 40.0 Å². The number of halogens is 1. The van der Waals surface area contributed by atoms with Gasteiger partial charge >= 0.3 is 0 Å². The van der Waals surface area contributed by atoms with Crippen molar-refractivity contribution in [2.24, 2.45) is 0 Å². The number of hydrogen-bond acceptors (Lipinski definition) is 2. The predicted molar refractivity (Wildman–Crippen MR) is 65.8 cm³/mol. The molecule has 0 amide bonds. The summed E-state index contributed by atoms with van der Waals surface area (Å²) in [6.07, 6.45) is 6.34. The van der Waals surface area contributed by atoms with E-state index >= 15 is 0 Å². The second-order valence-corrected chi connectivity index (χ2v) is 4.44. The van der Waals surface area contributed by atoms with Crippen molar-refractivity contribution in [2.45, 2.75) is 19.9 Å². The Kier molecular flexibility index (Phi) is 3.24. The number of hydrogen-bond donors (Lipinski definition) is 0. The van der Waals surface area contributed by atoms with E-state index in [1.165, 1.54) is 0 Å². The zero-order chi connectivity index (χ0) is 11.5. The number of aromatic nitrogens is 3. The molecule has 0 N–H and O–H groups in total. The Bertz CT molecular complexity index is 544. The SMILES string of the molecule is CCCn1cc(-n2cc(Br)cn2)ccc1=O. The fraction of sp³-hybridized carbons (Fsp3) is 0.273. The molecule has 84 valence electrons. The van der Waals surface area contributed by atoms with E-state index in [-0.39, 0.29) is 5.56 Å². The summed E-state index contributed by atoms with van der Waals surface area (Å²) in [5.41, 5.74) is 0.913. The van der Waals surface area contributed by atoms with E-state index < -0.39 is 0 Å². The van der Waals surface area contributed by atoms with Gasteiger partial charge in [-0.2, -0.15) is 5.10 Å². The number of nitrogens with zero attached hydrogens (tertiary/aromatic N) is 3. The lowest BCUT2D eigenvalue weighted by Crippen LogP contribution is -2.19. The minimum atomic E-state index is 0.0248. The van der Waals surface area contributed by atoms with E-state index in [1.807, 2.05) is 19.3 Å². The van der Waals surface area contributed by atoms with E-state index in [0.29, 0.717) is 0 Å². The van der Waals surface area contributed by atoms with Crippen molar-refractivity contribution < 1.29 is 0 Å². The normalized spacial score (nSPS) is 10.6. The molecule has 0 unspecified atom stereocenters. The highest BCUT2D eigenvalue weighted by Gasteiger charge is 2.01. The summed E-state index contributed by atoms with van der Waals surface area (Å²) >= 11 is 3.34. The average Bonchev–Trinajstić information content (AvgIpc) is 2.69. The van der Waals surface area contributed by atoms with Crippen LogP contribution in [0.4, 0.5) is 0 Å². The van der Waals surface area contributed by atoms with E-state index in [9.17, 15) is 4.79 Å². The van der Waals surface area contributed by atoms with E-state index in [0.717, 1.165) is 23.1 Å². The molecule has 2 aromatic heterocycles. The van der Waals surface area contributed by atoms with Gasteiger partial charge in [-0.1, -0.05) is 6.92 Å². The zero-order valence-electron chi connectivity index (χ0n) is 8.93. The highest BCUT2D eigenvalue weighted by molar-refractivity contribution is 9.10. The van der Waals surface area contributed by atoms with Gasteiger partial charge in [-0.05, 0) is 28.4 Å². The van der Waals surface area contributed by atoms with Crippen molar-refractivity contribution in [2.75, 3.05) is 0 Å². The molecule has 0 aliphatic heterocycles. The molecule has 0 bridgehead atoms. The standard InChI is InChI=1S/C11H12BrN3O/c1-2-5-14-8-10(3-4-11(14)16)15-7-9(12)6-13-15/h3-4,6-8H,2,5H2,1H3. The molecule has 0 aliphatic carbocycles. The molecule has 0 atom stereocenters. The van der Waals surface area contributed by atoms with Crippen molar-refractivity contribution in [3.63, 3.8) is 0 Å². The molecule has 2 heterocycles. The largest absolute Gasteiger partial charge is 0.313 e. The molecule has 0 aliphatic rings. The molecule has 0 radical (unpaired) electrons. The molecule has 0 aromatic carbocycles. The number of pyridine rings is 1. The van der Waals surface area contributed by atoms with Crippen LogP contribution in [-0.4, -0.2) is 14.3 Å². The van der Waals surface area contributed by atoms with Gasteiger partial charge < -0.3 is 4.57 Å². The maximum atomic E-state index is 11.5.